The number of amides is 1. The van der Waals surface area contributed by atoms with Crippen molar-refractivity contribution >= 4 is 45.7 Å². The van der Waals surface area contributed by atoms with E-state index in [1.807, 2.05) is 12.1 Å². The van der Waals surface area contributed by atoms with Crippen molar-refractivity contribution in [3.63, 3.8) is 0 Å². The molecule has 2 heterocycles. The van der Waals surface area contributed by atoms with E-state index >= 15 is 0 Å². The lowest BCUT2D eigenvalue weighted by Crippen LogP contribution is -2.31. The molecular weight excluding hydrogens is 441 g/mol. The summed E-state index contributed by atoms with van der Waals surface area (Å²) >= 11 is 12.1. The zero-order valence-corrected chi connectivity index (χ0v) is 17.5. The molecule has 0 aliphatic heterocycles. The molecule has 0 unspecified atom stereocenters. The van der Waals surface area contributed by atoms with E-state index in [1.54, 1.807) is 35.4 Å². The maximum atomic E-state index is 13.4. The predicted molar refractivity (Wildman–Crippen MR) is 117 cm³/mol. The number of H-pyrrole nitrogens is 1. The molecule has 156 valence electrons. The minimum absolute atomic E-state index is 0.0923. The highest BCUT2D eigenvalue weighted by atomic mass is 35.5. The summed E-state index contributed by atoms with van der Waals surface area (Å²) in [6.45, 7) is 0.429. The first-order chi connectivity index (χ1) is 14.9. The van der Waals surface area contributed by atoms with Gasteiger partial charge in [0.2, 0.25) is 0 Å². The minimum Gasteiger partial charge on any atom is -0.327 e. The summed E-state index contributed by atoms with van der Waals surface area (Å²) < 4.78 is 0. The molecule has 0 fully saturated rings. The van der Waals surface area contributed by atoms with Crippen molar-refractivity contribution in [3.8, 4) is 0 Å². The molecule has 0 aliphatic rings. The molecule has 0 bridgehead atoms. The lowest BCUT2D eigenvalue weighted by Gasteiger charge is -2.22. The monoisotopic (exact) mass is 455 g/mol. The average Bonchev–Trinajstić information content (AvgIpc) is 3.19. The van der Waals surface area contributed by atoms with Crippen LogP contribution in [-0.2, 0) is 13.1 Å². The van der Waals surface area contributed by atoms with Gasteiger partial charge < -0.3 is 4.90 Å². The molecule has 0 saturated carbocycles. The van der Waals surface area contributed by atoms with Crippen LogP contribution in [-0.4, -0.2) is 30.9 Å². The Morgan fingerprint density at radius 3 is 2.61 bits per heavy atom. The average molecular weight is 456 g/mol. The van der Waals surface area contributed by atoms with Crippen LogP contribution in [0.5, 0.6) is 0 Å². The van der Waals surface area contributed by atoms with Gasteiger partial charge in [0.15, 0.2) is 5.69 Å². The lowest BCUT2D eigenvalue weighted by atomic mass is 10.1. The number of rotatable bonds is 6. The Kier molecular flexibility index (Phi) is 5.83. The largest absolute Gasteiger partial charge is 0.327 e. The molecule has 0 spiro atoms. The highest BCUT2D eigenvalue weighted by Crippen LogP contribution is 2.26. The van der Waals surface area contributed by atoms with Gasteiger partial charge in [0, 0.05) is 30.3 Å². The highest BCUT2D eigenvalue weighted by Gasteiger charge is 2.23. The third-order valence-corrected chi connectivity index (χ3v) is 5.42. The number of aromatic amines is 1. The van der Waals surface area contributed by atoms with Crippen LogP contribution in [0.15, 0.2) is 60.8 Å². The lowest BCUT2D eigenvalue weighted by molar-refractivity contribution is -0.384. The summed E-state index contributed by atoms with van der Waals surface area (Å²) in [5, 5.41) is 19.2. The Bertz CT molecular complexity index is 1280. The number of halogens is 2. The number of nitro benzene ring substituents is 1. The van der Waals surface area contributed by atoms with E-state index < -0.39 is 10.8 Å². The Morgan fingerprint density at radius 2 is 1.90 bits per heavy atom. The number of benzene rings is 2. The Hall–Kier alpha value is -3.49. The second-order valence-electron chi connectivity index (χ2n) is 6.79. The van der Waals surface area contributed by atoms with Crippen molar-refractivity contribution < 1.29 is 9.72 Å². The zero-order chi connectivity index (χ0) is 22.0. The fraction of sp³-hybridized carbons (Fsp3) is 0.0952. The van der Waals surface area contributed by atoms with Crippen LogP contribution in [0, 0.1) is 10.1 Å². The van der Waals surface area contributed by atoms with Gasteiger partial charge >= 0.3 is 0 Å². The molecule has 8 nitrogen and oxygen atoms in total. The molecule has 2 aromatic heterocycles. The number of pyridine rings is 1. The van der Waals surface area contributed by atoms with E-state index in [2.05, 4.69) is 15.2 Å². The number of nitrogens with zero attached hydrogens (tertiary/aromatic N) is 4. The first-order valence-corrected chi connectivity index (χ1v) is 9.93. The van der Waals surface area contributed by atoms with Crippen molar-refractivity contribution in [2.75, 3.05) is 0 Å². The van der Waals surface area contributed by atoms with Crippen molar-refractivity contribution in [2.45, 2.75) is 13.1 Å². The summed E-state index contributed by atoms with van der Waals surface area (Å²) in [6.07, 6.45) is 1.64. The van der Waals surface area contributed by atoms with E-state index in [-0.39, 0.29) is 24.5 Å². The van der Waals surface area contributed by atoms with Crippen LogP contribution in [0.1, 0.15) is 21.7 Å². The molecule has 10 heteroatoms. The zero-order valence-electron chi connectivity index (χ0n) is 16.0. The summed E-state index contributed by atoms with van der Waals surface area (Å²) in [5.41, 5.74) is 1.95. The maximum absolute atomic E-state index is 13.4. The van der Waals surface area contributed by atoms with Gasteiger partial charge in [-0.05, 0) is 35.9 Å². The molecule has 0 radical (unpaired) electrons. The number of carbonyl (C=O) groups is 1. The third-order valence-electron chi connectivity index (χ3n) is 4.68. The standard InChI is InChI=1S/C21H15Cl2N5O3/c22-17-6-4-13(9-18(17)23)11-27(12-14-3-1-2-8-24-14)21(29)20-16-10-15(28(30)31)5-7-19(16)25-26-20/h1-10H,11-12H2,(H,25,26). The van der Waals surface area contributed by atoms with E-state index in [1.165, 1.54) is 18.2 Å². The van der Waals surface area contributed by atoms with Gasteiger partial charge in [-0.2, -0.15) is 5.10 Å². The second-order valence-corrected chi connectivity index (χ2v) is 7.60. The number of nitrogens with one attached hydrogen (secondary N) is 1. The molecular formula is C21H15Cl2N5O3. The van der Waals surface area contributed by atoms with Crippen molar-refractivity contribution in [1.29, 1.82) is 0 Å². The van der Waals surface area contributed by atoms with Gasteiger partial charge in [0.1, 0.15) is 0 Å². The van der Waals surface area contributed by atoms with Crippen molar-refractivity contribution in [1.82, 2.24) is 20.1 Å². The third kappa shape index (κ3) is 4.50. The number of carbonyl (C=O) groups excluding carboxylic acids is 1. The number of fused-ring (bicyclic) bond motifs is 1. The number of aromatic nitrogens is 3. The molecule has 0 aliphatic carbocycles. The van der Waals surface area contributed by atoms with E-state index in [0.717, 1.165) is 5.56 Å². The van der Waals surface area contributed by atoms with E-state index in [0.29, 0.717) is 26.6 Å². The molecule has 1 amide bonds. The first-order valence-electron chi connectivity index (χ1n) is 9.18. The summed E-state index contributed by atoms with van der Waals surface area (Å²) in [7, 11) is 0. The smallest absolute Gasteiger partial charge is 0.275 e. The SMILES string of the molecule is O=C(c1n[nH]c2ccc([N+](=O)[O-])cc12)N(Cc1ccc(Cl)c(Cl)c1)Cc1ccccn1. The molecule has 4 aromatic rings. The maximum Gasteiger partial charge on any atom is 0.275 e. The second kappa shape index (κ2) is 8.71. The number of nitro groups is 1. The summed E-state index contributed by atoms with van der Waals surface area (Å²) in [4.78, 5) is 30.0. The van der Waals surface area contributed by atoms with Crippen LogP contribution >= 0.6 is 23.2 Å². The molecule has 0 saturated heterocycles. The van der Waals surface area contributed by atoms with Crippen molar-refractivity contribution in [2.24, 2.45) is 0 Å². The number of hydrogen-bond donors (Lipinski definition) is 1. The Labute approximate surface area is 186 Å². The van der Waals surface area contributed by atoms with Gasteiger partial charge in [-0.15, -0.1) is 0 Å². The first kappa shape index (κ1) is 20.8. The predicted octanol–water partition coefficient (Wildman–Crippen LogP) is 5.02. The minimum atomic E-state index is -0.512. The fourth-order valence-electron chi connectivity index (χ4n) is 3.17. The Balaban J connectivity index is 1.72. The van der Waals surface area contributed by atoms with Crippen molar-refractivity contribution in [3.05, 3.63) is 97.9 Å². The highest BCUT2D eigenvalue weighted by molar-refractivity contribution is 6.42. The van der Waals surface area contributed by atoms with Crippen LogP contribution < -0.4 is 0 Å². The quantitative estimate of drug-likeness (QED) is 0.324. The molecule has 4 rings (SSSR count). The fourth-order valence-corrected chi connectivity index (χ4v) is 3.49. The normalized spacial score (nSPS) is 10.9. The number of hydrogen-bond acceptors (Lipinski definition) is 5. The molecule has 0 atom stereocenters. The van der Waals surface area contributed by atoms with Crippen LogP contribution in [0.25, 0.3) is 10.9 Å². The van der Waals surface area contributed by atoms with E-state index in [9.17, 15) is 14.9 Å². The summed E-state index contributed by atoms with van der Waals surface area (Å²) in [5.74, 6) is -0.400. The molecule has 2 aromatic carbocycles. The molecule has 1 N–H and O–H groups in total. The van der Waals surface area contributed by atoms with Gasteiger partial charge in [-0.25, -0.2) is 0 Å². The van der Waals surface area contributed by atoms with Gasteiger partial charge in [-0.1, -0.05) is 35.3 Å². The van der Waals surface area contributed by atoms with Crippen LogP contribution in [0.2, 0.25) is 10.0 Å². The molecule has 31 heavy (non-hydrogen) atoms. The van der Waals surface area contributed by atoms with Gasteiger partial charge in [0.25, 0.3) is 11.6 Å². The topological polar surface area (TPSA) is 105 Å². The van der Waals surface area contributed by atoms with Crippen LogP contribution in [0.3, 0.4) is 0 Å². The van der Waals surface area contributed by atoms with Crippen LogP contribution in [0.4, 0.5) is 5.69 Å². The number of non-ortho nitro benzene ring substituents is 1. The van der Waals surface area contributed by atoms with E-state index in [4.69, 9.17) is 23.2 Å². The van der Waals surface area contributed by atoms with Gasteiger partial charge in [-0.3, -0.25) is 25.0 Å². The Morgan fingerprint density at radius 1 is 1.06 bits per heavy atom. The summed E-state index contributed by atoms with van der Waals surface area (Å²) in [6, 6.07) is 14.8. The van der Waals surface area contributed by atoms with Gasteiger partial charge in [0.05, 0.1) is 32.7 Å².